The molecule has 0 N–H and O–H groups in total. The SMILES string of the molecule is COc1cccc(OC)c1C(=O)n1ccc(-c2ccc(Cl)c(Cl)c2)c1. The molecule has 0 radical (unpaired) electrons. The van der Waals surface area contributed by atoms with E-state index in [1.54, 1.807) is 42.7 Å². The highest BCUT2D eigenvalue weighted by Gasteiger charge is 2.20. The van der Waals surface area contributed by atoms with Crippen molar-refractivity contribution in [2.45, 2.75) is 0 Å². The molecule has 0 spiro atoms. The van der Waals surface area contributed by atoms with Crippen molar-refractivity contribution in [2.24, 2.45) is 0 Å². The van der Waals surface area contributed by atoms with Crippen LogP contribution in [0.25, 0.3) is 11.1 Å². The lowest BCUT2D eigenvalue weighted by Crippen LogP contribution is -2.12. The van der Waals surface area contributed by atoms with Crippen LogP contribution in [0.15, 0.2) is 54.9 Å². The summed E-state index contributed by atoms with van der Waals surface area (Å²) in [6.45, 7) is 0. The summed E-state index contributed by atoms with van der Waals surface area (Å²) in [6, 6.07) is 12.4. The van der Waals surface area contributed by atoms with Crippen LogP contribution in [-0.4, -0.2) is 24.7 Å². The van der Waals surface area contributed by atoms with Crippen LogP contribution < -0.4 is 9.47 Å². The van der Waals surface area contributed by atoms with E-state index in [1.165, 1.54) is 18.8 Å². The van der Waals surface area contributed by atoms with Crippen molar-refractivity contribution in [3.05, 3.63) is 70.5 Å². The van der Waals surface area contributed by atoms with Gasteiger partial charge in [-0.05, 0) is 41.5 Å². The first-order valence-corrected chi connectivity index (χ1v) is 8.20. The smallest absolute Gasteiger partial charge is 0.269 e. The van der Waals surface area contributed by atoms with Gasteiger partial charge >= 0.3 is 0 Å². The van der Waals surface area contributed by atoms with Gasteiger partial charge in [-0.25, -0.2) is 0 Å². The number of aromatic nitrogens is 1. The van der Waals surface area contributed by atoms with Crippen molar-refractivity contribution in [1.82, 2.24) is 4.57 Å². The predicted molar refractivity (Wildman–Crippen MR) is 99.2 cm³/mol. The minimum absolute atomic E-state index is 0.249. The third-order valence-electron chi connectivity index (χ3n) is 3.82. The zero-order valence-corrected chi connectivity index (χ0v) is 15.1. The lowest BCUT2D eigenvalue weighted by atomic mass is 10.1. The molecule has 0 aliphatic rings. The molecule has 0 bridgehead atoms. The Hall–Kier alpha value is -2.43. The van der Waals surface area contributed by atoms with Gasteiger partial charge in [0.15, 0.2) is 0 Å². The van der Waals surface area contributed by atoms with E-state index in [2.05, 4.69) is 0 Å². The maximum atomic E-state index is 12.9. The second kappa shape index (κ2) is 7.21. The Bertz CT molecular complexity index is 912. The fourth-order valence-corrected chi connectivity index (χ4v) is 2.86. The first kappa shape index (κ1) is 17.4. The Labute approximate surface area is 155 Å². The van der Waals surface area contributed by atoms with Crippen molar-refractivity contribution in [3.63, 3.8) is 0 Å². The number of halogens is 2. The van der Waals surface area contributed by atoms with E-state index in [9.17, 15) is 4.79 Å². The highest BCUT2D eigenvalue weighted by atomic mass is 35.5. The number of hydrogen-bond acceptors (Lipinski definition) is 3. The van der Waals surface area contributed by atoms with E-state index in [1.807, 2.05) is 12.1 Å². The minimum Gasteiger partial charge on any atom is -0.496 e. The second-order valence-corrected chi connectivity index (χ2v) is 6.09. The molecule has 0 aliphatic heterocycles. The molecule has 3 aromatic rings. The molecule has 128 valence electrons. The second-order valence-electron chi connectivity index (χ2n) is 5.28. The first-order valence-electron chi connectivity index (χ1n) is 7.44. The molecule has 1 aromatic heterocycles. The maximum Gasteiger partial charge on any atom is 0.269 e. The van der Waals surface area contributed by atoms with Crippen LogP contribution in [-0.2, 0) is 0 Å². The van der Waals surface area contributed by atoms with E-state index < -0.39 is 0 Å². The monoisotopic (exact) mass is 375 g/mol. The van der Waals surface area contributed by atoms with Crippen LogP contribution in [0.4, 0.5) is 0 Å². The van der Waals surface area contributed by atoms with Crippen molar-refractivity contribution in [2.75, 3.05) is 14.2 Å². The third-order valence-corrected chi connectivity index (χ3v) is 4.56. The van der Waals surface area contributed by atoms with Gasteiger partial charge in [-0.15, -0.1) is 0 Å². The third kappa shape index (κ3) is 3.36. The number of ether oxygens (including phenoxy) is 2. The molecule has 0 unspecified atom stereocenters. The Morgan fingerprint density at radius 2 is 1.60 bits per heavy atom. The molecule has 25 heavy (non-hydrogen) atoms. The summed E-state index contributed by atoms with van der Waals surface area (Å²) in [5.41, 5.74) is 2.08. The Morgan fingerprint density at radius 1 is 0.920 bits per heavy atom. The van der Waals surface area contributed by atoms with Crippen molar-refractivity contribution in [1.29, 1.82) is 0 Å². The summed E-state index contributed by atoms with van der Waals surface area (Å²) < 4.78 is 12.1. The van der Waals surface area contributed by atoms with E-state index in [4.69, 9.17) is 32.7 Å². The fourth-order valence-electron chi connectivity index (χ4n) is 2.56. The van der Waals surface area contributed by atoms with Crippen LogP contribution in [0.2, 0.25) is 10.0 Å². The molecule has 0 saturated carbocycles. The molecule has 6 heteroatoms. The number of rotatable bonds is 4. The van der Waals surface area contributed by atoms with Gasteiger partial charge in [0.05, 0.1) is 24.3 Å². The number of carbonyl (C=O) groups is 1. The zero-order chi connectivity index (χ0) is 18.0. The van der Waals surface area contributed by atoms with Crippen LogP contribution in [0.1, 0.15) is 10.4 Å². The largest absolute Gasteiger partial charge is 0.496 e. The summed E-state index contributed by atoms with van der Waals surface area (Å²) in [5, 5.41) is 0.948. The Kier molecular flexibility index (Phi) is 5.02. The van der Waals surface area contributed by atoms with Gasteiger partial charge < -0.3 is 9.47 Å². The van der Waals surface area contributed by atoms with Crippen LogP contribution >= 0.6 is 23.2 Å². The predicted octanol–water partition coefficient (Wildman–Crippen LogP) is 5.17. The zero-order valence-electron chi connectivity index (χ0n) is 13.6. The highest BCUT2D eigenvalue weighted by molar-refractivity contribution is 6.42. The molecular formula is C19H15Cl2NO3. The summed E-state index contributed by atoms with van der Waals surface area (Å²) >= 11 is 12.0. The molecule has 0 saturated heterocycles. The standard InChI is InChI=1S/C19H15Cl2NO3/c1-24-16-4-3-5-17(25-2)18(16)19(23)22-9-8-13(11-22)12-6-7-14(20)15(21)10-12/h3-11H,1-2H3. The summed E-state index contributed by atoms with van der Waals surface area (Å²) in [5.74, 6) is 0.656. The van der Waals surface area contributed by atoms with E-state index in [0.29, 0.717) is 27.1 Å². The number of methoxy groups -OCH3 is 2. The quantitative estimate of drug-likeness (QED) is 0.631. The van der Waals surface area contributed by atoms with Gasteiger partial charge in [0.25, 0.3) is 5.91 Å². The maximum absolute atomic E-state index is 12.9. The van der Waals surface area contributed by atoms with E-state index in [0.717, 1.165) is 11.1 Å². The number of benzene rings is 2. The van der Waals surface area contributed by atoms with Crippen molar-refractivity contribution >= 4 is 29.1 Å². The molecule has 4 nitrogen and oxygen atoms in total. The molecule has 0 atom stereocenters. The summed E-state index contributed by atoms with van der Waals surface area (Å²) in [4.78, 5) is 12.9. The van der Waals surface area contributed by atoms with E-state index in [-0.39, 0.29) is 5.91 Å². The number of carbonyl (C=O) groups excluding carboxylic acids is 1. The number of hydrogen-bond donors (Lipinski definition) is 0. The highest BCUT2D eigenvalue weighted by Crippen LogP contribution is 2.31. The topological polar surface area (TPSA) is 40.5 Å². The molecular weight excluding hydrogens is 361 g/mol. The van der Waals surface area contributed by atoms with Gasteiger partial charge in [-0.1, -0.05) is 35.3 Å². The van der Waals surface area contributed by atoms with E-state index >= 15 is 0 Å². The van der Waals surface area contributed by atoms with Crippen LogP contribution in [0, 0.1) is 0 Å². The average Bonchev–Trinajstić information content (AvgIpc) is 3.12. The summed E-state index contributed by atoms with van der Waals surface area (Å²) in [7, 11) is 3.03. The van der Waals surface area contributed by atoms with Gasteiger partial charge in [0, 0.05) is 12.4 Å². The number of nitrogens with zero attached hydrogens (tertiary/aromatic N) is 1. The van der Waals surface area contributed by atoms with Crippen LogP contribution in [0.3, 0.4) is 0 Å². The lowest BCUT2D eigenvalue weighted by molar-refractivity contribution is 0.0954. The summed E-state index contributed by atoms with van der Waals surface area (Å²) in [6.07, 6.45) is 3.42. The van der Waals surface area contributed by atoms with Gasteiger partial charge in [-0.3, -0.25) is 9.36 Å². The first-order chi connectivity index (χ1) is 12.0. The Morgan fingerprint density at radius 3 is 2.20 bits per heavy atom. The fraction of sp³-hybridized carbons (Fsp3) is 0.105. The van der Waals surface area contributed by atoms with Gasteiger partial charge in [-0.2, -0.15) is 0 Å². The molecule has 1 heterocycles. The van der Waals surface area contributed by atoms with Crippen molar-refractivity contribution < 1.29 is 14.3 Å². The van der Waals surface area contributed by atoms with Crippen LogP contribution in [0.5, 0.6) is 11.5 Å². The van der Waals surface area contributed by atoms with Gasteiger partial charge in [0.1, 0.15) is 17.1 Å². The Balaban J connectivity index is 2.00. The normalized spacial score (nSPS) is 10.6. The minimum atomic E-state index is -0.249. The molecule has 2 aromatic carbocycles. The molecule has 0 aliphatic carbocycles. The lowest BCUT2D eigenvalue weighted by Gasteiger charge is -2.12. The van der Waals surface area contributed by atoms with Gasteiger partial charge in [0.2, 0.25) is 0 Å². The molecule has 0 amide bonds. The molecule has 3 rings (SSSR count). The molecule has 0 fully saturated rings. The average molecular weight is 376 g/mol. The van der Waals surface area contributed by atoms with Crippen molar-refractivity contribution in [3.8, 4) is 22.6 Å².